The van der Waals surface area contributed by atoms with Crippen LogP contribution in [0.1, 0.15) is 12.5 Å². The van der Waals surface area contributed by atoms with Crippen molar-refractivity contribution in [2.75, 3.05) is 38.2 Å². The predicted octanol–water partition coefficient (Wildman–Crippen LogP) is 3.33. The first kappa shape index (κ1) is 23.7. The average molecular weight is 486 g/mol. The highest BCUT2D eigenvalue weighted by atomic mass is 35.5. The molecule has 1 N–H and O–H groups in total. The quantitative estimate of drug-likeness (QED) is 0.678. The van der Waals surface area contributed by atoms with Crippen LogP contribution in [0, 0.1) is 6.92 Å². The molecule has 1 atom stereocenters. The number of carbonyl (C=O) groups is 1. The summed E-state index contributed by atoms with van der Waals surface area (Å²) in [4.78, 5) is 16.6. The van der Waals surface area contributed by atoms with Gasteiger partial charge in [-0.1, -0.05) is 29.3 Å². The molecule has 31 heavy (non-hydrogen) atoms. The number of hydrogen-bond donors (Lipinski definition) is 1. The Bertz CT molecular complexity index is 1070. The van der Waals surface area contributed by atoms with E-state index in [2.05, 4.69) is 9.62 Å². The molecule has 1 fully saturated rings. The van der Waals surface area contributed by atoms with E-state index in [-0.39, 0.29) is 21.6 Å². The third kappa shape index (κ3) is 5.44. The maximum atomic E-state index is 12.9. The zero-order valence-corrected chi connectivity index (χ0v) is 19.9. The second kappa shape index (κ2) is 9.65. The van der Waals surface area contributed by atoms with Crippen molar-refractivity contribution < 1.29 is 17.9 Å². The lowest BCUT2D eigenvalue weighted by Crippen LogP contribution is -2.54. The Kier molecular flexibility index (Phi) is 7.36. The van der Waals surface area contributed by atoms with Crippen LogP contribution < -0.4 is 14.4 Å². The summed E-state index contributed by atoms with van der Waals surface area (Å²) < 4.78 is 33.2. The van der Waals surface area contributed by atoms with Gasteiger partial charge in [-0.2, -0.15) is 4.72 Å². The smallest absolute Gasteiger partial charge is 0.245 e. The SMILES string of the molecule is COc1ccc(Cl)cc1S(=O)(=O)N[C@H](C)C(=O)N1CCN(c2cc(Cl)ccc2C)CC1. The second-order valence-corrected chi connectivity index (χ2v) is 9.94. The number of nitrogens with one attached hydrogen (secondary N) is 1. The van der Waals surface area contributed by atoms with Crippen LogP contribution in [0.2, 0.25) is 10.0 Å². The minimum absolute atomic E-state index is 0.108. The van der Waals surface area contributed by atoms with Crippen molar-refractivity contribution >= 4 is 44.8 Å². The Morgan fingerprint density at radius 3 is 2.32 bits per heavy atom. The molecule has 0 spiro atoms. The second-order valence-electron chi connectivity index (χ2n) is 7.38. The van der Waals surface area contributed by atoms with Gasteiger partial charge in [0.2, 0.25) is 15.9 Å². The van der Waals surface area contributed by atoms with Crippen molar-refractivity contribution in [3.8, 4) is 5.75 Å². The summed E-state index contributed by atoms with van der Waals surface area (Å²) in [5, 5.41) is 0.922. The number of amides is 1. The van der Waals surface area contributed by atoms with Gasteiger partial charge in [0.15, 0.2) is 0 Å². The third-order valence-corrected chi connectivity index (χ3v) is 7.25. The fourth-order valence-corrected chi connectivity index (χ4v) is 5.37. The number of anilines is 1. The molecule has 7 nitrogen and oxygen atoms in total. The van der Waals surface area contributed by atoms with Crippen LogP contribution in [-0.4, -0.2) is 58.6 Å². The number of hydrogen-bond acceptors (Lipinski definition) is 5. The van der Waals surface area contributed by atoms with E-state index >= 15 is 0 Å². The molecule has 168 valence electrons. The maximum Gasteiger partial charge on any atom is 0.245 e. The molecule has 1 saturated heterocycles. The van der Waals surface area contributed by atoms with Crippen molar-refractivity contribution in [1.82, 2.24) is 9.62 Å². The van der Waals surface area contributed by atoms with Crippen LogP contribution in [0.4, 0.5) is 5.69 Å². The van der Waals surface area contributed by atoms with Gasteiger partial charge in [0.05, 0.1) is 13.2 Å². The molecular formula is C21H25Cl2N3O4S. The Labute approximate surface area is 192 Å². The minimum Gasteiger partial charge on any atom is -0.495 e. The normalized spacial score (nSPS) is 15.6. The summed E-state index contributed by atoms with van der Waals surface area (Å²) in [6.45, 7) is 5.78. The maximum absolute atomic E-state index is 12.9. The highest BCUT2D eigenvalue weighted by molar-refractivity contribution is 7.89. The number of aryl methyl sites for hydroxylation is 1. The Hall–Kier alpha value is -2.00. The van der Waals surface area contributed by atoms with Gasteiger partial charge in [0.1, 0.15) is 10.6 Å². The summed E-state index contributed by atoms with van der Waals surface area (Å²) in [5.74, 6) is -0.130. The van der Waals surface area contributed by atoms with Crippen molar-refractivity contribution in [2.45, 2.75) is 24.8 Å². The summed E-state index contributed by atoms with van der Waals surface area (Å²) >= 11 is 12.1. The zero-order valence-electron chi connectivity index (χ0n) is 17.6. The average Bonchev–Trinajstić information content (AvgIpc) is 2.74. The van der Waals surface area contributed by atoms with E-state index in [9.17, 15) is 13.2 Å². The van der Waals surface area contributed by atoms with Crippen LogP contribution in [-0.2, 0) is 14.8 Å². The minimum atomic E-state index is -4.00. The Morgan fingerprint density at radius 2 is 1.68 bits per heavy atom. The topological polar surface area (TPSA) is 78.9 Å². The number of piperazine rings is 1. The van der Waals surface area contributed by atoms with E-state index in [1.807, 2.05) is 25.1 Å². The number of sulfonamides is 1. The number of rotatable bonds is 6. The van der Waals surface area contributed by atoms with E-state index in [1.54, 1.807) is 4.90 Å². The summed E-state index contributed by atoms with van der Waals surface area (Å²) in [7, 11) is -2.63. The lowest BCUT2D eigenvalue weighted by molar-refractivity contribution is -0.132. The summed E-state index contributed by atoms with van der Waals surface area (Å²) in [6.07, 6.45) is 0. The van der Waals surface area contributed by atoms with Crippen LogP contribution >= 0.6 is 23.2 Å². The highest BCUT2D eigenvalue weighted by Crippen LogP contribution is 2.28. The monoisotopic (exact) mass is 485 g/mol. The van der Waals surface area contributed by atoms with Gasteiger partial charge in [-0.25, -0.2) is 8.42 Å². The van der Waals surface area contributed by atoms with Gasteiger partial charge in [-0.05, 0) is 49.7 Å². The van der Waals surface area contributed by atoms with E-state index in [4.69, 9.17) is 27.9 Å². The number of nitrogens with zero attached hydrogens (tertiary/aromatic N) is 2. The van der Waals surface area contributed by atoms with Crippen LogP contribution in [0.5, 0.6) is 5.75 Å². The molecule has 3 rings (SSSR count). The fourth-order valence-electron chi connectivity index (χ4n) is 3.57. The Balaban J connectivity index is 1.66. The lowest BCUT2D eigenvalue weighted by atomic mass is 10.1. The molecule has 2 aromatic carbocycles. The molecule has 0 aromatic heterocycles. The van der Waals surface area contributed by atoms with Gasteiger partial charge in [-0.3, -0.25) is 4.79 Å². The van der Waals surface area contributed by atoms with E-state index in [0.717, 1.165) is 11.3 Å². The summed E-state index contributed by atoms with van der Waals surface area (Å²) in [6, 6.07) is 9.11. The molecule has 1 amide bonds. The standard InChI is InChI=1S/C21H25Cl2N3O4S/c1-14-4-5-16(22)12-18(14)25-8-10-26(11-9-25)21(27)15(2)24-31(28,29)20-13-17(23)6-7-19(20)30-3/h4-7,12-13,15,24H,8-11H2,1-3H3/t15-/m1/s1. The van der Waals surface area contributed by atoms with Crippen molar-refractivity contribution in [3.63, 3.8) is 0 Å². The van der Waals surface area contributed by atoms with Gasteiger partial charge >= 0.3 is 0 Å². The van der Waals surface area contributed by atoms with Gasteiger partial charge in [-0.15, -0.1) is 0 Å². The molecule has 0 bridgehead atoms. The van der Waals surface area contributed by atoms with Crippen molar-refractivity contribution in [2.24, 2.45) is 0 Å². The van der Waals surface area contributed by atoms with Crippen molar-refractivity contribution in [1.29, 1.82) is 0 Å². The van der Waals surface area contributed by atoms with E-state index in [1.165, 1.54) is 32.2 Å². The predicted molar refractivity (Wildman–Crippen MR) is 123 cm³/mol. The highest BCUT2D eigenvalue weighted by Gasteiger charge is 2.30. The number of methoxy groups -OCH3 is 1. The lowest BCUT2D eigenvalue weighted by Gasteiger charge is -2.37. The van der Waals surface area contributed by atoms with E-state index < -0.39 is 16.1 Å². The Morgan fingerprint density at radius 1 is 1.06 bits per heavy atom. The molecule has 1 heterocycles. The molecular weight excluding hydrogens is 461 g/mol. The van der Waals surface area contributed by atoms with Crippen LogP contribution in [0.3, 0.4) is 0 Å². The molecule has 0 unspecified atom stereocenters. The van der Waals surface area contributed by atoms with Gasteiger partial charge < -0.3 is 14.5 Å². The van der Waals surface area contributed by atoms with Crippen LogP contribution in [0.25, 0.3) is 0 Å². The van der Waals surface area contributed by atoms with Gasteiger partial charge in [0, 0.05) is 41.9 Å². The molecule has 10 heteroatoms. The number of ether oxygens (including phenoxy) is 1. The summed E-state index contributed by atoms with van der Waals surface area (Å²) in [5.41, 5.74) is 2.15. The fraction of sp³-hybridized carbons (Fsp3) is 0.381. The number of carbonyl (C=O) groups excluding carboxylic acids is 1. The number of halogens is 2. The first-order valence-corrected chi connectivity index (χ1v) is 12.0. The zero-order chi connectivity index (χ0) is 22.8. The van der Waals surface area contributed by atoms with Crippen molar-refractivity contribution in [3.05, 3.63) is 52.0 Å². The molecule has 1 aliphatic heterocycles. The van der Waals surface area contributed by atoms with Crippen LogP contribution in [0.15, 0.2) is 41.3 Å². The van der Waals surface area contributed by atoms with E-state index in [0.29, 0.717) is 31.2 Å². The molecule has 0 radical (unpaired) electrons. The first-order valence-electron chi connectivity index (χ1n) is 9.78. The molecule has 0 saturated carbocycles. The molecule has 1 aliphatic rings. The molecule has 0 aliphatic carbocycles. The first-order chi connectivity index (χ1) is 14.6. The van der Waals surface area contributed by atoms with Gasteiger partial charge in [0.25, 0.3) is 0 Å². The molecule has 2 aromatic rings. The number of benzene rings is 2. The third-order valence-electron chi connectivity index (χ3n) is 5.22. The largest absolute Gasteiger partial charge is 0.495 e.